The van der Waals surface area contributed by atoms with Gasteiger partial charge in [0, 0.05) is 31.0 Å². The van der Waals surface area contributed by atoms with Crippen LogP contribution in [0.25, 0.3) is 0 Å². The van der Waals surface area contributed by atoms with Crippen molar-refractivity contribution in [3.05, 3.63) is 47.8 Å². The zero-order valence-electron chi connectivity index (χ0n) is 13.6. The van der Waals surface area contributed by atoms with Crippen molar-refractivity contribution < 1.29 is 19.0 Å². The van der Waals surface area contributed by atoms with Gasteiger partial charge in [-0.05, 0) is 31.0 Å². The van der Waals surface area contributed by atoms with E-state index in [4.69, 9.17) is 4.74 Å². The molecular formula is C17H20FN3O3. The highest BCUT2D eigenvalue weighted by Crippen LogP contribution is 2.39. The summed E-state index contributed by atoms with van der Waals surface area (Å²) >= 11 is 0. The van der Waals surface area contributed by atoms with E-state index in [1.165, 1.54) is 25.3 Å². The molecule has 0 amide bonds. The van der Waals surface area contributed by atoms with Gasteiger partial charge in [-0.15, -0.1) is 0 Å². The van der Waals surface area contributed by atoms with Gasteiger partial charge in [0.05, 0.1) is 13.7 Å². The Morgan fingerprint density at radius 3 is 2.83 bits per heavy atom. The van der Waals surface area contributed by atoms with Crippen LogP contribution in [0.2, 0.25) is 0 Å². The summed E-state index contributed by atoms with van der Waals surface area (Å²) in [5, 5.41) is 9.84. The summed E-state index contributed by atoms with van der Waals surface area (Å²) in [6.45, 7) is 0.380. The molecule has 1 unspecified atom stereocenters. The van der Waals surface area contributed by atoms with Gasteiger partial charge in [0.15, 0.2) is 0 Å². The molecule has 128 valence electrons. The smallest absolute Gasteiger partial charge is 0.325 e. The lowest BCUT2D eigenvalue weighted by atomic mass is 10.0. The van der Waals surface area contributed by atoms with Crippen LogP contribution in [0.5, 0.6) is 5.75 Å². The first-order chi connectivity index (χ1) is 11.5. The SMILES string of the molecule is COc1ccc(F)cc1C(C(=O)O)N(Cc1nccn1C)C1CC1. The third-order valence-corrected chi connectivity index (χ3v) is 4.31. The van der Waals surface area contributed by atoms with Crippen molar-refractivity contribution in [2.45, 2.75) is 31.5 Å². The average molecular weight is 333 g/mol. The fourth-order valence-corrected chi connectivity index (χ4v) is 2.92. The number of halogens is 1. The zero-order valence-corrected chi connectivity index (χ0v) is 13.6. The van der Waals surface area contributed by atoms with E-state index in [1.807, 2.05) is 22.7 Å². The summed E-state index contributed by atoms with van der Waals surface area (Å²) in [7, 11) is 3.32. The third kappa shape index (κ3) is 3.26. The van der Waals surface area contributed by atoms with Gasteiger partial charge in [0.25, 0.3) is 0 Å². The largest absolute Gasteiger partial charge is 0.496 e. The molecule has 1 aromatic carbocycles. The maximum atomic E-state index is 13.7. The number of nitrogens with zero attached hydrogens (tertiary/aromatic N) is 3. The molecule has 1 saturated carbocycles. The molecule has 0 saturated heterocycles. The molecule has 7 heteroatoms. The number of carboxylic acid groups (broad SMARTS) is 1. The molecule has 24 heavy (non-hydrogen) atoms. The number of hydrogen-bond acceptors (Lipinski definition) is 4. The van der Waals surface area contributed by atoms with Gasteiger partial charge >= 0.3 is 5.97 Å². The summed E-state index contributed by atoms with van der Waals surface area (Å²) in [6, 6.07) is 3.13. The molecule has 3 rings (SSSR count). The predicted molar refractivity (Wildman–Crippen MR) is 85.1 cm³/mol. The van der Waals surface area contributed by atoms with Crippen molar-refractivity contribution in [1.29, 1.82) is 0 Å². The second-order valence-corrected chi connectivity index (χ2v) is 5.98. The van der Waals surface area contributed by atoms with E-state index in [-0.39, 0.29) is 6.04 Å². The van der Waals surface area contributed by atoms with Gasteiger partial charge < -0.3 is 14.4 Å². The Morgan fingerprint density at radius 2 is 2.29 bits per heavy atom. The van der Waals surface area contributed by atoms with E-state index < -0.39 is 17.8 Å². The van der Waals surface area contributed by atoms with Gasteiger partial charge in [0.2, 0.25) is 0 Å². The van der Waals surface area contributed by atoms with Crippen LogP contribution in [-0.4, -0.2) is 38.7 Å². The number of carboxylic acids is 1. The van der Waals surface area contributed by atoms with Gasteiger partial charge in [-0.3, -0.25) is 9.69 Å². The van der Waals surface area contributed by atoms with E-state index in [2.05, 4.69) is 4.98 Å². The molecule has 1 aliphatic rings. The van der Waals surface area contributed by atoms with Gasteiger partial charge in [-0.25, -0.2) is 9.37 Å². The Bertz CT molecular complexity index is 742. The van der Waals surface area contributed by atoms with Gasteiger partial charge in [-0.2, -0.15) is 0 Å². The number of ether oxygens (including phenoxy) is 1. The standard InChI is InChI=1S/C17H20FN3O3/c1-20-8-7-19-15(20)10-21(12-4-5-12)16(17(22)23)13-9-11(18)3-6-14(13)24-2/h3,6-9,12,16H,4-5,10H2,1-2H3,(H,22,23). The molecule has 1 atom stereocenters. The Balaban J connectivity index is 2.00. The van der Waals surface area contributed by atoms with E-state index in [1.54, 1.807) is 6.20 Å². The Hall–Kier alpha value is -2.41. The lowest BCUT2D eigenvalue weighted by molar-refractivity contribution is -0.144. The van der Waals surface area contributed by atoms with E-state index in [0.717, 1.165) is 18.7 Å². The van der Waals surface area contributed by atoms with Crippen LogP contribution >= 0.6 is 0 Å². The van der Waals surface area contributed by atoms with Gasteiger partial charge in [-0.1, -0.05) is 0 Å². The molecular weight excluding hydrogens is 313 g/mol. The van der Waals surface area contributed by atoms with Crippen LogP contribution in [-0.2, 0) is 18.4 Å². The van der Waals surface area contributed by atoms with Crippen molar-refractivity contribution in [1.82, 2.24) is 14.5 Å². The molecule has 2 aromatic rings. The Kier molecular flexibility index (Phi) is 4.53. The van der Waals surface area contributed by atoms with Crippen LogP contribution in [0, 0.1) is 5.82 Å². The summed E-state index contributed by atoms with van der Waals surface area (Å²) < 4.78 is 20.9. The second kappa shape index (κ2) is 6.60. The number of aromatic nitrogens is 2. The summed E-state index contributed by atoms with van der Waals surface area (Å²) in [5.74, 6) is -0.373. The lowest BCUT2D eigenvalue weighted by Crippen LogP contribution is -2.36. The highest BCUT2D eigenvalue weighted by atomic mass is 19.1. The fourth-order valence-electron chi connectivity index (χ4n) is 2.92. The molecule has 1 heterocycles. The van der Waals surface area contributed by atoms with E-state index in [9.17, 15) is 14.3 Å². The molecule has 1 fully saturated rings. The summed E-state index contributed by atoms with van der Waals surface area (Å²) in [6.07, 6.45) is 5.34. The van der Waals surface area contributed by atoms with Crippen molar-refractivity contribution in [2.75, 3.05) is 7.11 Å². The highest BCUT2D eigenvalue weighted by Gasteiger charge is 2.40. The highest BCUT2D eigenvalue weighted by molar-refractivity contribution is 5.77. The first-order valence-corrected chi connectivity index (χ1v) is 7.79. The molecule has 1 aliphatic carbocycles. The van der Waals surface area contributed by atoms with E-state index in [0.29, 0.717) is 17.9 Å². The predicted octanol–water partition coefficient (Wildman–Crippen LogP) is 2.36. The number of rotatable bonds is 7. The number of methoxy groups -OCH3 is 1. The first-order valence-electron chi connectivity index (χ1n) is 7.79. The van der Waals surface area contributed by atoms with Crippen LogP contribution in [0.15, 0.2) is 30.6 Å². The quantitative estimate of drug-likeness (QED) is 0.842. The lowest BCUT2D eigenvalue weighted by Gasteiger charge is -2.29. The maximum absolute atomic E-state index is 13.7. The number of benzene rings is 1. The summed E-state index contributed by atoms with van der Waals surface area (Å²) in [4.78, 5) is 18.2. The molecule has 0 bridgehead atoms. The normalized spacial score (nSPS) is 15.5. The fraction of sp³-hybridized carbons (Fsp3) is 0.412. The van der Waals surface area contributed by atoms with E-state index >= 15 is 0 Å². The monoisotopic (exact) mass is 333 g/mol. The molecule has 0 spiro atoms. The molecule has 6 nitrogen and oxygen atoms in total. The maximum Gasteiger partial charge on any atom is 0.325 e. The minimum absolute atomic E-state index is 0.149. The Morgan fingerprint density at radius 1 is 1.54 bits per heavy atom. The van der Waals surface area contributed by atoms with Crippen molar-refractivity contribution in [3.63, 3.8) is 0 Å². The van der Waals surface area contributed by atoms with Crippen LogP contribution in [0.4, 0.5) is 4.39 Å². The minimum atomic E-state index is -1.03. The minimum Gasteiger partial charge on any atom is -0.496 e. The van der Waals surface area contributed by atoms with Crippen LogP contribution in [0.1, 0.15) is 30.3 Å². The zero-order chi connectivity index (χ0) is 17.3. The molecule has 1 N–H and O–H groups in total. The third-order valence-electron chi connectivity index (χ3n) is 4.31. The number of aryl methyl sites for hydroxylation is 1. The molecule has 1 aromatic heterocycles. The number of aliphatic carboxylic acids is 1. The molecule has 0 aliphatic heterocycles. The average Bonchev–Trinajstić information content (AvgIpc) is 3.30. The summed E-state index contributed by atoms with van der Waals surface area (Å²) in [5.41, 5.74) is 0.325. The second-order valence-electron chi connectivity index (χ2n) is 5.98. The van der Waals surface area contributed by atoms with Crippen molar-refractivity contribution in [3.8, 4) is 5.75 Å². The van der Waals surface area contributed by atoms with Gasteiger partial charge in [0.1, 0.15) is 23.4 Å². The van der Waals surface area contributed by atoms with Crippen molar-refractivity contribution in [2.24, 2.45) is 7.05 Å². The van der Waals surface area contributed by atoms with Crippen molar-refractivity contribution >= 4 is 5.97 Å². The number of hydrogen-bond donors (Lipinski definition) is 1. The topological polar surface area (TPSA) is 67.6 Å². The van der Waals surface area contributed by atoms with Crippen LogP contribution < -0.4 is 4.74 Å². The number of imidazole rings is 1. The van der Waals surface area contributed by atoms with Crippen LogP contribution in [0.3, 0.4) is 0 Å². The number of carbonyl (C=O) groups is 1. The Labute approximate surface area is 139 Å². The first kappa shape index (κ1) is 16.4. The molecule has 0 radical (unpaired) electrons.